The fraction of sp³-hybridized carbons (Fsp3) is 0.500. The Morgan fingerprint density at radius 2 is 1.85 bits per heavy atom. The van der Waals surface area contributed by atoms with Crippen molar-refractivity contribution in [2.45, 2.75) is 0 Å². The van der Waals surface area contributed by atoms with E-state index in [0.29, 0.717) is 24.1 Å². The summed E-state index contributed by atoms with van der Waals surface area (Å²) in [6, 6.07) is 5.86. The molecule has 2 N–H and O–H groups in total. The van der Waals surface area contributed by atoms with Crippen molar-refractivity contribution >= 4 is 24.0 Å². The number of likely N-dealkylation sites (tertiary alicyclic amines) is 1. The number of rotatable bonds is 3. The number of amides is 1. The van der Waals surface area contributed by atoms with Gasteiger partial charge in [0.05, 0.1) is 6.54 Å². The third-order valence-electron chi connectivity index (χ3n) is 3.96. The topological polar surface area (TPSA) is 44.4 Å². The predicted octanol–water partition coefficient (Wildman–Crippen LogP) is 1.34. The number of nitrogens with zero attached hydrogens (tertiary/aromatic N) is 1. The van der Waals surface area contributed by atoms with Crippen molar-refractivity contribution in [1.82, 2.24) is 10.2 Å². The molecule has 20 heavy (non-hydrogen) atoms. The van der Waals surface area contributed by atoms with E-state index in [2.05, 4.69) is 15.5 Å². The van der Waals surface area contributed by atoms with Crippen LogP contribution in [0.25, 0.3) is 0 Å². The van der Waals surface area contributed by atoms with E-state index in [1.165, 1.54) is 12.1 Å². The van der Waals surface area contributed by atoms with E-state index in [0.717, 1.165) is 26.2 Å². The molecule has 2 saturated heterocycles. The molecule has 0 radical (unpaired) electrons. The van der Waals surface area contributed by atoms with Gasteiger partial charge in [-0.2, -0.15) is 0 Å². The summed E-state index contributed by atoms with van der Waals surface area (Å²) in [5.74, 6) is 1.06. The molecule has 2 atom stereocenters. The number of carbonyl (C=O) groups excluding carboxylic acids is 1. The number of anilines is 1. The quantitative estimate of drug-likeness (QED) is 0.885. The summed E-state index contributed by atoms with van der Waals surface area (Å²) in [5.41, 5.74) is 0.646. The summed E-state index contributed by atoms with van der Waals surface area (Å²) < 4.78 is 12.8. The van der Waals surface area contributed by atoms with Gasteiger partial charge in [-0.3, -0.25) is 9.69 Å². The Balaban J connectivity index is 0.00000147. The van der Waals surface area contributed by atoms with Gasteiger partial charge in [0.2, 0.25) is 5.91 Å². The van der Waals surface area contributed by atoms with Crippen LogP contribution in [0.1, 0.15) is 0 Å². The third kappa shape index (κ3) is 3.48. The minimum Gasteiger partial charge on any atom is -0.325 e. The highest BCUT2D eigenvalue weighted by molar-refractivity contribution is 5.92. The molecule has 0 aromatic heterocycles. The van der Waals surface area contributed by atoms with Crippen LogP contribution in [0.5, 0.6) is 0 Å². The van der Waals surface area contributed by atoms with Gasteiger partial charge in [-0.05, 0) is 49.2 Å². The minimum absolute atomic E-state index is 0. The van der Waals surface area contributed by atoms with Crippen LogP contribution >= 0.6 is 12.4 Å². The fourth-order valence-electron chi connectivity index (χ4n) is 3.02. The summed E-state index contributed by atoms with van der Waals surface area (Å²) >= 11 is 0. The Morgan fingerprint density at radius 1 is 1.25 bits per heavy atom. The number of carbonyl (C=O) groups is 1. The minimum atomic E-state index is -0.294. The lowest BCUT2D eigenvalue weighted by atomic mass is 10.0. The summed E-state index contributed by atoms with van der Waals surface area (Å²) in [4.78, 5) is 14.1. The highest BCUT2D eigenvalue weighted by Gasteiger charge is 2.36. The van der Waals surface area contributed by atoms with Gasteiger partial charge in [-0.1, -0.05) is 0 Å². The first-order chi connectivity index (χ1) is 9.20. The second-order valence-corrected chi connectivity index (χ2v) is 5.43. The van der Waals surface area contributed by atoms with E-state index in [9.17, 15) is 9.18 Å². The molecule has 3 rings (SSSR count). The van der Waals surface area contributed by atoms with Crippen LogP contribution in [0, 0.1) is 17.7 Å². The molecular weight excluding hydrogens is 281 g/mol. The molecule has 1 amide bonds. The average molecular weight is 300 g/mol. The molecule has 2 aliphatic heterocycles. The summed E-state index contributed by atoms with van der Waals surface area (Å²) in [6.07, 6.45) is 0. The van der Waals surface area contributed by atoms with Crippen LogP contribution in [-0.4, -0.2) is 43.5 Å². The fourth-order valence-corrected chi connectivity index (χ4v) is 3.02. The summed E-state index contributed by atoms with van der Waals surface area (Å²) in [7, 11) is 0. The van der Waals surface area contributed by atoms with Gasteiger partial charge in [0.25, 0.3) is 0 Å². The average Bonchev–Trinajstić information content (AvgIpc) is 2.92. The van der Waals surface area contributed by atoms with Gasteiger partial charge in [0.1, 0.15) is 5.82 Å². The van der Waals surface area contributed by atoms with Crippen LogP contribution < -0.4 is 10.6 Å². The number of benzene rings is 1. The highest BCUT2D eigenvalue weighted by atomic mass is 35.5. The van der Waals surface area contributed by atoms with E-state index in [-0.39, 0.29) is 24.1 Å². The lowest BCUT2D eigenvalue weighted by molar-refractivity contribution is -0.117. The van der Waals surface area contributed by atoms with E-state index in [1.807, 2.05) is 0 Å². The Kier molecular flexibility index (Phi) is 4.96. The molecule has 0 spiro atoms. The van der Waals surface area contributed by atoms with Crippen LogP contribution in [-0.2, 0) is 4.79 Å². The van der Waals surface area contributed by atoms with Crippen LogP contribution in [0.15, 0.2) is 24.3 Å². The molecule has 4 nitrogen and oxygen atoms in total. The number of hydrogen-bond donors (Lipinski definition) is 2. The zero-order chi connectivity index (χ0) is 13.2. The van der Waals surface area contributed by atoms with E-state index in [1.54, 1.807) is 12.1 Å². The standard InChI is InChI=1S/C14H18FN3O.ClH/c15-12-1-3-13(4-2-12)17-14(19)9-18-7-10-5-16-6-11(10)8-18;/h1-4,10-11,16H,5-9H2,(H,17,19);1H/t10-,11+;. The molecule has 6 heteroatoms. The first-order valence-electron chi connectivity index (χ1n) is 6.69. The van der Waals surface area contributed by atoms with Gasteiger partial charge in [-0.15, -0.1) is 12.4 Å². The second-order valence-electron chi connectivity index (χ2n) is 5.43. The zero-order valence-electron chi connectivity index (χ0n) is 11.1. The lowest BCUT2D eigenvalue weighted by Gasteiger charge is -2.16. The largest absolute Gasteiger partial charge is 0.325 e. The monoisotopic (exact) mass is 299 g/mol. The first-order valence-corrected chi connectivity index (χ1v) is 6.69. The zero-order valence-corrected chi connectivity index (χ0v) is 12.0. The number of halogens is 2. The number of nitrogens with one attached hydrogen (secondary N) is 2. The van der Waals surface area contributed by atoms with Gasteiger partial charge in [0.15, 0.2) is 0 Å². The molecule has 110 valence electrons. The van der Waals surface area contributed by atoms with Crippen molar-refractivity contribution in [3.05, 3.63) is 30.1 Å². The van der Waals surface area contributed by atoms with Crippen molar-refractivity contribution in [3.63, 3.8) is 0 Å². The van der Waals surface area contributed by atoms with E-state index < -0.39 is 0 Å². The SMILES string of the molecule is Cl.O=C(CN1C[C@H]2CNC[C@H]2C1)Nc1ccc(F)cc1. The van der Waals surface area contributed by atoms with Crippen molar-refractivity contribution in [2.75, 3.05) is 38.0 Å². The maximum atomic E-state index is 12.8. The molecule has 1 aromatic carbocycles. The van der Waals surface area contributed by atoms with Gasteiger partial charge >= 0.3 is 0 Å². The second kappa shape index (κ2) is 6.52. The smallest absolute Gasteiger partial charge is 0.238 e. The lowest BCUT2D eigenvalue weighted by Crippen LogP contribution is -2.33. The van der Waals surface area contributed by atoms with Gasteiger partial charge < -0.3 is 10.6 Å². The molecule has 2 fully saturated rings. The molecule has 0 saturated carbocycles. The number of fused-ring (bicyclic) bond motifs is 1. The molecular formula is C14H19ClFN3O. The highest BCUT2D eigenvalue weighted by Crippen LogP contribution is 2.25. The summed E-state index contributed by atoms with van der Waals surface area (Å²) in [5, 5.41) is 6.18. The Morgan fingerprint density at radius 3 is 2.45 bits per heavy atom. The Hall–Kier alpha value is -1.17. The molecule has 0 unspecified atom stereocenters. The maximum absolute atomic E-state index is 12.8. The molecule has 0 aliphatic carbocycles. The van der Waals surface area contributed by atoms with Crippen LogP contribution in [0.2, 0.25) is 0 Å². The number of hydrogen-bond acceptors (Lipinski definition) is 3. The van der Waals surface area contributed by atoms with Gasteiger partial charge in [0, 0.05) is 18.8 Å². The molecule has 2 heterocycles. The van der Waals surface area contributed by atoms with Crippen molar-refractivity contribution in [3.8, 4) is 0 Å². The summed E-state index contributed by atoms with van der Waals surface area (Å²) in [6.45, 7) is 4.55. The first kappa shape index (κ1) is 15.2. The van der Waals surface area contributed by atoms with Gasteiger partial charge in [-0.25, -0.2) is 4.39 Å². The normalized spacial score (nSPS) is 25.1. The Bertz CT molecular complexity index is 456. The molecule has 2 aliphatic rings. The predicted molar refractivity (Wildman–Crippen MR) is 78.6 cm³/mol. The maximum Gasteiger partial charge on any atom is 0.238 e. The molecule has 0 bridgehead atoms. The van der Waals surface area contributed by atoms with Crippen molar-refractivity contribution < 1.29 is 9.18 Å². The molecule has 1 aromatic rings. The third-order valence-corrected chi connectivity index (χ3v) is 3.96. The van der Waals surface area contributed by atoms with Crippen LogP contribution in [0.4, 0.5) is 10.1 Å². The van der Waals surface area contributed by atoms with Crippen molar-refractivity contribution in [2.24, 2.45) is 11.8 Å². The van der Waals surface area contributed by atoms with E-state index in [4.69, 9.17) is 0 Å². The van der Waals surface area contributed by atoms with Crippen LogP contribution in [0.3, 0.4) is 0 Å². The van der Waals surface area contributed by atoms with Crippen molar-refractivity contribution in [1.29, 1.82) is 0 Å². The Labute approximate surface area is 124 Å². The van der Waals surface area contributed by atoms with E-state index >= 15 is 0 Å².